The van der Waals surface area contributed by atoms with E-state index in [1.165, 1.54) is 25.0 Å². The summed E-state index contributed by atoms with van der Waals surface area (Å²) in [6, 6.07) is 5.69. The van der Waals surface area contributed by atoms with E-state index < -0.39 is 0 Å². The van der Waals surface area contributed by atoms with Crippen LogP contribution in [-0.2, 0) is 13.5 Å². The van der Waals surface area contributed by atoms with Crippen LogP contribution >= 0.6 is 15.9 Å². The third-order valence-electron chi connectivity index (χ3n) is 3.26. The lowest BCUT2D eigenvalue weighted by atomic mass is 10.2. The van der Waals surface area contributed by atoms with E-state index in [1.807, 2.05) is 11.7 Å². The van der Waals surface area contributed by atoms with Crippen molar-refractivity contribution in [3.63, 3.8) is 0 Å². The van der Waals surface area contributed by atoms with E-state index in [9.17, 15) is 4.79 Å². The summed E-state index contributed by atoms with van der Waals surface area (Å²) in [5, 5.41) is 4.31. The van der Waals surface area contributed by atoms with Crippen LogP contribution in [0.2, 0.25) is 0 Å². The number of rotatable bonds is 3. The largest absolute Gasteiger partial charge is 0.298 e. The van der Waals surface area contributed by atoms with E-state index in [0.717, 1.165) is 22.5 Å². The Labute approximate surface area is 127 Å². The van der Waals surface area contributed by atoms with Gasteiger partial charge in [0.1, 0.15) is 0 Å². The van der Waals surface area contributed by atoms with E-state index in [1.54, 1.807) is 18.3 Å². The van der Waals surface area contributed by atoms with Crippen molar-refractivity contribution < 1.29 is 9.78 Å². The van der Waals surface area contributed by atoms with Gasteiger partial charge in [-0.3, -0.25) is 9.48 Å². The first-order chi connectivity index (χ1) is 9.60. The molecule has 1 aliphatic rings. The molecule has 0 aliphatic heterocycles. The Morgan fingerprint density at radius 1 is 1.55 bits per heavy atom. The van der Waals surface area contributed by atoms with Crippen LogP contribution in [0.25, 0.3) is 0 Å². The second-order valence-corrected chi connectivity index (χ2v) is 5.90. The topological polar surface area (TPSA) is 49.0 Å². The minimum atomic E-state index is 0.637. The molecule has 1 N–H and O–H groups in total. The molecule has 3 rings (SSSR count). The molecule has 0 unspecified atom stereocenters. The Balaban J connectivity index is 0.000000151. The molecule has 0 bridgehead atoms. The summed E-state index contributed by atoms with van der Waals surface area (Å²) >= 11 is 3.17. The number of nitrogens with zero attached hydrogens (tertiary/aromatic N) is 2. The van der Waals surface area contributed by atoms with Crippen LogP contribution < -0.4 is 4.98 Å². The second-order valence-electron chi connectivity index (χ2n) is 5.11. The van der Waals surface area contributed by atoms with Gasteiger partial charge >= 0.3 is 0 Å². The van der Waals surface area contributed by atoms with Gasteiger partial charge in [-0.05, 0) is 44.2 Å². The predicted molar refractivity (Wildman–Crippen MR) is 80.5 cm³/mol. The van der Waals surface area contributed by atoms with Crippen molar-refractivity contribution in [2.24, 2.45) is 13.0 Å². The zero-order chi connectivity index (χ0) is 14.5. The number of aromatic nitrogens is 3. The lowest BCUT2D eigenvalue weighted by Crippen LogP contribution is -2.04. The molecule has 2 heterocycles. The zero-order valence-electron chi connectivity index (χ0n) is 11.8. The fourth-order valence-corrected chi connectivity index (χ4v) is 2.35. The Kier molecular flexibility index (Phi) is 5.06. The van der Waals surface area contributed by atoms with Crippen LogP contribution in [0, 0.1) is 12.8 Å². The molecule has 1 aliphatic carbocycles. The molecular formula is C15H19BrN3O+. The summed E-state index contributed by atoms with van der Waals surface area (Å²) in [6.07, 6.45) is 6.61. The highest BCUT2D eigenvalue weighted by atomic mass is 79.9. The number of aldehydes is 1. The number of carbonyl (C=O) groups is 1. The number of nitrogens with one attached hydrogen (secondary N) is 1. The average molecular weight is 337 g/mol. The highest BCUT2D eigenvalue weighted by molar-refractivity contribution is 9.10. The third-order valence-corrected chi connectivity index (χ3v) is 3.94. The van der Waals surface area contributed by atoms with Crippen molar-refractivity contribution >= 4 is 22.2 Å². The van der Waals surface area contributed by atoms with Gasteiger partial charge in [-0.25, -0.2) is 4.98 Å². The number of aryl methyl sites for hydroxylation is 2. The molecule has 106 valence electrons. The standard InChI is InChI=1S/C9H14N2.C6H4BrNO/c1-7-5-9(11(2)10-7)6-8-3-4-8;7-6-5(4-9)2-1-3-8-6/h5,8H,3-4,6H2,1-2H3;1-4H/p+1. The molecule has 0 atom stereocenters. The molecule has 4 nitrogen and oxygen atoms in total. The van der Waals surface area contributed by atoms with Crippen LogP contribution in [0.5, 0.6) is 0 Å². The van der Waals surface area contributed by atoms with Gasteiger partial charge in [0.2, 0.25) is 0 Å². The van der Waals surface area contributed by atoms with E-state index in [0.29, 0.717) is 5.56 Å². The monoisotopic (exact) mass is 336 g/mol. The van der Waals surface area contributed by atoms with Gasteiger partial charge in [-0.1, -0.05) is 0 Å². The van der Waals surface area contributed by atoms with Gasteiger partial charge in [0.05, 0.1) is 11.3 Å². The highest BCUT2D eigenvalue weighted by Crippen LogP contribution is 2.32. The molecule has 1 saturated carbocycles. The fraction of sp³-hybridized carbons (Fsp3) is 0.400. The van der Waals surface area contributed by atoms with E-state index in [4.69, 9.17) is 0 Å². The van der Waals surface area contributed by atoms with Gasteiger partial charge in [-0.2, -0.15) is 5.10 Å². The predicted octanol–water partition coefficient (Wildman–Crippen LogP) is 2.76. The molecule has 0 aromatic carbocycles. The maximum atomic E-state index is 10.2. The van der Waals surface area contributed by atoms with Crippen LogP contribution in [-0.4, -0.2) is 16.1 Å². The maximum absolute atomic E-state index is 10.2. The van der Waals surface area contributed by atoms with Gasteiger partial charge in [0.15, 0.2) is 12.5 Å². The first-order valence-corrected chi connectivity index (χ1v) is 7.50. The number of hydrogen-bond donors (Lipinski definition) is 0. The lowest BCUT2D eigenvalue weighted by Gasteiger charge is -1.97. The Bertz CT molecular complexity index is 591. The van der Waals surface area contributed by atoms with Crippen LogP contribution in [0.15, 0.2) is 29.0 Å². The molecule has 5 heteroatoms. The minimum Gasteiger partial charge on any atom is -0.298 e. The molecule has 0 spiro atoms. The number of aromatic amines is 1. The second kappa shape index (κ2) is 6.79. The van der Waals surface area contributed by atoms with Gasteiger partial charge in [0, 0.05) is 34.7 Å². The number of halogens is 1. The van der Waals surface area contributed by atoms with Crippen LogP contribution in [0.3, 0.4) is 0 Å². The molecule has 2 aromatic heterocycles. The maximum Gasteiger partial charge on any atom is 0.256 e. The molecule has 0 saturated heterocycles. The molecule has 0 radical (unpaired) electrons. The third kappa shape index (κ3) is 4.27. The van der Waals surface area contributed by atoms with E-state index in [-0.39, 0.29) is 0 Å². The molecule has 0 amide bonds. The van der Waals surface area contributed by atoms with Crippen molar-refractivity contribution in [3.05, 3.63) is 46.0 Å². The first-order valence-electron chi connectivity index (χ1n) is 6.71. The Hall–Kier alpha value is -1.49. The van der Waals surface area contributed by atoms with Gasteiger partial charge in [-0.15, -0.1) is 0 Å². The number of carbonyl (C=O) groups excluding carboxylic acids is 1. The summed E-state index contributed by atoms with van der Waals surface area (Å²) in [6.45, 7) is 2.05. The smallest absolute Gasteiger partial charge is 0.256 e. The molecule has 1 fully saturated rings. The minimum absolute atomic E-state index is 0.637. The lowest BCUT2D eigenvalue weighted by molar-refractivity contribution is -0.392. The summed E-state index contributed by atoms with van der Waals surface area (Å²) < 4.78 is 2.73. The van der Waals surface area contributed by atoms with Crippen molar-refractivity contribution in [1.82, 2.24) is 9.78 Å². The zero-order valence-corrected chi connectivity index (χ0v) is 13.4. The molecular weight excluding hydrogens is 318 g/mol. The summed E-state index contributed by atoms with van der Waals surface area (Å²) in [4.78, 5) is 13.0. The van der Waals surface area contributed by atoms with E-state index >= 15 is 0 Å². The summed E-state index contributed by atoms with van der Waals surface area (Å²) in [5.41, 5.74) is 3.17. The summed E-state index contributed by atoms with van der Waals surface area (Å²) in [7, 11) is 2.03. The molecule has 20 heavy (non-hydrogen) atoms. The number of hydrogen-bond acceptors (Lipinski definition) is 2. The average Bonchev–Trinajstić information content (AvgIpc) is 3.17. The van der Waals surface area contributed by atoms with Crippen molar-refractivity contribution in [1.29, 1.82) is 0 Å². The number of pyridine rings is 1. The van der Waals surface area contributed by atoms with Gasteiger partial charge < -0.3 is 0 Å². The normalized spacial score (nSPS) is 13.6. The quantitative estimate of drug-likeness (QED) is 0.639. The SMILES string of the molecule is Cc1cc(CC2CC2)n(C)n1.O=Cc1ccc[nH+]c1Br. The van der Waals surface area contributed by atoms with E-state index in [2.05, 4.69) is 39.0 Å². The highest BCUT2D eigenvalue weighted by Gasteiger charge is 2.22. The van der Waals surface area contributed by atoms with Crippen molar-refractivity contribution in [3.8, 4) is 0 Å². The Morgan fingerprint density at radius 3 is 2.75 bits per heavy atom. The summed E-state index contributed by atoms with van der Waals surface area (Å²) in [5.74, 6) is 0.963. The van der Waals surface area contributed by atoms with Gasteiger partial charge in [0.25, 0.3) is 4.60 Å². The number of H-pyrrole nitrogens is 1. The molecule has 2 aromatic rings. The van der Waals surface area contributed by atoms with Crippen molar-refractivity contribution in [2.45, 2.75) is 26.2 Å². The first kappa shape index (κ1) is 14.9. The van der Waals surface area contributed by atoms with Crippen molar-refractivity contribution in [2.75, 3.05) is 0 Å². The fourth-order valence-electron chi connectivity index (χ4n) is 1.99. The van der Waals surface area contributed by atoms with Crippen LogP contribution in [0.4, 0.5) is 0 Å². The Morgan fingerprint density at radius 2 is 2.30 bits per heavy atom. The van der Waals surface area contributed by atoms with Crippen LogP contribution in [0.1, 0.15) is 34.6 Å².